The maximum Gasteiger partial charge on any atom is 0.317 e. The molecule has 1 aromatic carbocycles. The second-order valence-electron chi connectivity index (χ2n) is 9.89. The molecule has 5 aliphatic rings. The van der Waals surface area contributed by atoms with Crippen molar-refractivity contribution in [1.82, 2.24) is 0 Å². The standard InChI is InChI=1S/C24H30O3/c25-22(12-16-3-1-2-4-16)20-5-7-21(8-6-20)27-23(26)24-13-17-9-18(14-24)11-19(10-17)15-24/h5-8,16-19H,1-4,9-15H2. The van der Waals surface area contributed by atoms with Crippen LogP contribution in [-0.4, -0.2) is 11.8 Å². The van der Waals surface area contributed by atoms with Crippen molar-refractivity contribution in [3.05, 3.63) is 29.8 Å². The first-order chi connectivity index (χ1) is 13.1. The number of hydrogen-bond acceptors (Lipinski definition) is 3. The zero-order valence-electron chi connectivity index (χ0n) is 16.1. The molecule has 6 rings (SSSR count). The van der Waals surface area contributed by atoms with Gasteiger partial charge in [-0.1, -0.05) is 25.7 Å². The molecule has 0 saturated heterocycles. The quantitative estimate of drug-likeness (QED) is 0.389. The smallest absolute Gasteiger partial charge is 0.317 e. The highest BCUT2D eigenvalue weighted by Crippen LogP contribution is 2.60. The van der Waals surface area contributed by atoms with E-state index in [1.165, 1.54) is 44.9 Å². The zero-order valence-corrected chi connectivity index (χ0v) is 16.1. The van der Waals surface area contributed by atoms with Crippen LogP contribution in [0.5, 0.6) is 5.75 Å². The molecule has 0 N–H and O–H groups in total. The molecular weight excluding hydrogens is 336 g/mol. The van der Waals surface area contributed by atoms with Crippen molar-refractivity contribution in [3.8, 4) is 5.75 Å². The number of esters is 1. The summed E-state index contributed by atoms with van der Waals surface area (Å²) in [5.74, 6) is 3.56. The molecule has 0 radical (unpaired) electrons. The average molecular weight is 367 g/mol. The molecule has 144 valence electrons. The van der Waals surface area contributed by atoms with Gasteiger partial charge < -0.3 is 4.74 Å². The Morgan fingerprint density at radius 2 is 1.44 bits per heavy atom. The van der Waals surface area contributed by atoms with Gasteiger partial charge in [0.2, 0.25) is 0 Å². The summed E-state index contributed by atoms with van der Waals surface area (Å²) in [5.41, 5.74) is 0.516. The van der Waals surface area contributed by atoms with Crippen LogP contribution in [0, 0.1) is 29.1 Å². The highest BCUT2D eigenvalue weighted by molar-refractivity contribution is 5.96. The molecule has 0 atom stereocenters. The fraction of sp³-hybridized carbons (Fsp3) is 0.667. The molecule has 5 fully saturated rings. The third-order valence-electron chi connectivity index (χ3n) is 7.81. The van der Waals surface area contributed by atoms with Gasteiger partial charge in [0, 0.05) is 12.0 Å². The third-order valence-corrected chi connectivity index (χ3v) is 7.81. The van der Waals surface area contributed by atoms with E-state index in [-0.39, 0.29) is 17.2 Å². The molecule has 0 heterocycles. The Bertz CT molecular complexity index is 691. The molecule has 0 aromatic heterocycles. The number of ether oxygens (including phenoxy) is 1. The Morgan fingerprint density at radius 1 is 0.889 bits per heavy atom. The molecule has 4 bridgehead atoms. The maximum absolute atomic E-state index is 13.0. The molecule has 0 unspecified atom stereocenters. The first kappa shape index (κ1) is 17.5. The Morgan fingerprint density at radius 3 is 2.00 bits per heavy atom. The largest absolute Gasteiger partial charge is 0.426 e. The fourth-order valence-corrected chi connectivity index (χ4v) is 6.88. The summed E-state index contributed by atoms with van der Waals surface area (Å²) < 4.78 is 5.82. The van der Waals surface area contributed by atoms with Gasteiger partial charge in [-0.05, 0) is 86.5 Å². The van der Waals surface area contributed by atoms with Gasteiger partial charge >= 0.3 is 5.97 Å². The van der Waals surface area contributed by atoms with E-state index in [1.54, 1.807) is 12.1 Å². The van der Waals surface area contributed by atoms with Gasteiger partial charge in [-0.2, -0.15) is 0 Å². The van der Waals surface area contributed by atoms with Gasteiger partial charge in [0.25, 0.3) is 0 Å². The Kier molecular flexibility index (Phi) is 4.37. The van der Waals surface area contributed by atoms with Crippen LogP contribution in [0.3, 0.4) is 0 Å². The molecular formula is C24H30O3. The van der Waals surface area contributed by atoms with Gasteiger partial charge in [0.05, 0.1) is 5.41 Å². The first-order valence-electron chi connectivity index (χ1n) is 11.0. The predicted molar refractivity (Wildman–Crippen MR) is 104 cm³/mol. The predicted octanol–water partition coefficient (Wildman–Crippen LogP) is 5.57. The summed E-state index contributed by atoms with van der Waals surface area (Å²) in [6.45, 7) is 0. The minimum Gasteiger partial charge on any atom is -0.426 e. The molecule has 0 amide bonds. The van der Waals surface area contributed by atoms with E-state index in [2.05, 4.69) is 0 Å². The van der Waals surface area contributed by atoms with Crippen molar-refractivity contribution < 1.29 is 14.3 Å². The van der Waals surface area contributed by atoms with Crippen LogP contribution in [0.15, 0.2) is 24.3 Å². The number of carbonyl (C=O) groups excluding carboxylic acids is 2. The van der Waals surface area contributed by atoms with Crippen molar-refractivity contribution in [3.63, 3.8) is 0 Å². The van der Waals surface area contributed by atoms with Crippen LogP contribution in [0.2, 0.25) is 0 Å². The van der Waals surface area contributed by atoms with Crippen LogP contribution in [0.4, 0.5) is 0 Å². The summed E-state index contributed by atoms with van der Waals surface area (Å²) in [6.07, 6.45) is 12.6. The molecule has 5 saturated carbocycles. The van der Waals surface area contributed by atoms with E-state index in [4.69, 9.17) is 4.74 Å². The molecule has 27 heavy (non-hydrogen) atoms. The van der Waals surface area contributed by atoms with Gasteiger partial charge in [-0.15, -0.1) is 0 Å². The normalized spacial score (nSPS) is 34.7. The van der Waals surface area contributed by atoms with E-state index < -0.39 is 0 Å². The van der Waals surface area contributed by atoms with Crippen LogP contribution < -0.4 is 4.74 Å². The van der Waals surface area contributed by atoms with Gasteiger partial charge in [-0.25, -0.2) is 0 Å². The lowest BCUT2D eigenvalue weighted by atomic mass is 9.49. The number of rotatable bonds is 5. The summed E-state index contributed by atoms with van der Waals surface area (Å²) in [7, 11) is 0. The van der Waals surface area contributed by atoms with Crippen molar-refractivity contribution >= 4 is 11.8 Å². The zero-order chi connectivity index (χ0) is 18.4. The van der Waals surface area contributed by atoms with Crippen LogP contribution >= 0.6 is 0 Å². The van der Waals surface area contributed by atoms with Crippen molar-refractivity contribution in [1.29, 1.82) is 0 Å². The Labute approximate surface area is 161 Å². The molecule has 1 aromatic rings. The lowest BCUT2D eigenvalue weighted by Crippen LogP contribution is -2.51. The van der Waals surface area contributed by atoms with E-state index in [0.717, 1.165) is 42.6 Å². The molecule has 3 heteroatoms. The number of ketones is 1. The summed E-state index contributed by atoms with van der Waals surface area (Å²) >= 11 is 0. The van der Waals surface area contributed by atoms with Crippen LogP contribution in [0.25, 0.3) is 0 Å². The minimum absolute atomic E-state index is 0.0216. The van der Waals surface area contributed by atoms with Crippen molar-refractivity contribution in [2.45, 2.75) is 70.6 Å². The third kappa shape index (κ3) is 3.34. The Hall–Kier alpha value is -1.64. The first-order valence-corrected chi connectivity index (χ1v) is 11.0. The van der Waals surface area contributed by atoms with E-state index >= 15 is 0 Å². The van der Waals surface area contributed by atoms with Crippen LogP contribution in [0.1, 0.15) is 81.0 Å². The lowest BCUT2D eigenvalue weighted by Gasteiger charge is -2.55. The Balaban J connectivity index is 1.23. The molecule has 5 aliphatic carbocycles. The van der Waals surface area contributed by atoms with Crippen molar-refractivity contribution in [2.24, 2.45) is 29.1 Å². The van der Waals surface area contributed by atoms with Gasteiger partial charge in [0.1, 0.15) is 5.75 Å². The van der Waals surface area contributed by atoms with E-state index in [0.29, 0.717) is 18.1 Å². The highest BCUT2D eigenvalue weighted by atomic mass is 16.5. The SMILES string of the molecule is O=C(CC1CCCC1)c1ccc(OC(=O)C23CC4CC(CC(C4)C2)C3)cc1. The summed E-state index contributed by atoms with van der Waals surface area (Å²) in [5, 5.41) is 0. The minimum atomic E-state index is -0.230. The second kappa shape index (κ2) is 6.76. The van der Waals surface area contributed by atoms with E-state index in [9.17, 15) is 9.59 Å². The van der Waals surface area contributed by atoms with E-state index in [1.807, 2.05) is 12.1 Å². The highest BCUT2D eigenvalue weighted by Gasteiger charge is 2.55. The monoisotopic (exact) mass is 366 g/mol. The van der Waals surface area contributed by atoms with Gasteiger partial charge in [0.15, 0.2) is 5.78 Å². The molecule has 0 spiro atoms. The summed E-state index contributed by atoms with van der Waals surface area (Å²) in [6, 6.07) is 7.28. The maximum atomic E-state index is 13.0. The molecule has 3 nitrogen and oxygen atoms in total. The lowest BCUT2D eigenvalue weighted by molar-refractivity contribution is -0.161. The van der Waals surface area contributed by atoms with Crippen LogP contribution in [-0.2, 0) is 4.79 Å². The fourth-order valence-electron chi connectivity index (χ4n) is 6.88. The number of Topliss-reactive ketones (excluding diaryl/α,β-unsaturated/α-hetero) is 1. The van der Waals surface area contributed by atoms with Crippen molar-refractivity contribution in [2.75, 3.05) is 0 Å². The average Bonchev–Trinajstić information content (AvgIpc) is 3.14. The second-order valence-corrected chi connectivity index (χ2v) is 9.89. The topological polar surface area (TPSA) is 43.4 Å². The number of hydrogen-bond donors (Lipinski definition) is 0. The number of benzene rings is 1. The van der Waals surface area contributed by atoms with Gasteiger partial charge in [-0.3, -0.25) is 9.59 Å². The molecule has 0 aliphatic heterocycles. The summed E-state index contributed by atoms with van der Waals surface area (Å²) in [4.78, 5) is 25.5. The number of carbonyl (C=O) groups is 2.